The van der Waals surface area contributed by atoms with Crippen molar-refractivity contribution in [3.63, 3.8) is 0 Å². The van der Waals surface area contributed by atoms with Gasteiger partial charge in [0.1, 0.15) is 0 Å². The van der Waals surface area contributed by atoms with Crippen LogP contribution in [0.1, 0.15) is 21.5 Å². The minimum atomic E-state index is -3.76. The van der Waals surface area contributed by atoms with E-state index in [0.717, 1.165) is 11.1 Å². The Bertz CT molecular complexity index is 1210. The first-order valence-electron chi connectivity index (χ1n) is 9.15. The fourth-order valence-corrected chi connectivity index (χ4v) is 5.14. The zero-order valence-electron chi connectivity index (χ0n) is 15.7. The molecule has 1 aliphatic heterocycles. The van der Waals surface area contributed by atoms with Gasteiger partial charge in [-0.05, 0) is 60.9 Å². The average molecular weight is 427 g/mol. The van der Waals surface area contributed by atoms with Crippen molar-refractivity contribution in [3.05, 3.63) is 88.4 Å². The molecule has 1 N–H and O–H groups in total. The molecule has 0 atom stereocenters. The molecule has 0 spiro atoms. The van der Waals surface area contributed by atoms with E-state index in [1.807, 2.05) is 25.1 Å². The summed E-state index contributed by atoms with van der Waals surface area (Å²) in [5.41, 5.74) is 3.29. The van der Waals surface area contributed by atoms with Crippen molar-refractivity contribution in [2.24, 2.45) is 0 Å². The van der Waals surface area contributed by atoms with Gasteiger partial charge in [0.15, 0.2) is 0 Å². The number of carbonyl (C=O) groups is 1. The second kappa shape index (κ2) is 7.54. The van der Waals surface area contributed by atoms with Gasteiger partial charge in [0.2, 0.25) is 0 Å². The van der Waals surface area contributed by atoms with Crippen molar-refractivity contribution in [3.8, 4) is 0 Å². The Kier molecular flexibility index (Phi) is 5.06. The molecule has 3 aromatic carbocycles. The highest BCUT2D eigenvalue weighted by Gasteiger charge is 2.30. The van der Waals surface area contributed by atoms with Gasteiger partial charge >= 0.3 is 0 Å². The summed E-state index contributed by atoms with van der Waals surface area (Å²) in [6.45, 7) is 2.20. The maximum atomic E-state index is 13.2. The molecule has 7 heteroatoms. The monoisotopic (exact) mass is 426 g/mol. The number of hydrogen-bond donors (Lipinski definition) is 1. The van der Waals surface area contributed by atoms with E-state index in [-0.39, 0.29) is 10.5 Å². The van der Waals surface area contributed by atoms with Crippen LogP contribution in [0, 0.1) is 6.92 Å². The predicted molar refractivity (Wildman–Crippen MR) is 115 cm³/mol. The van der Waals surface area contributed by atoms with Crippen molar-refractivity contribution in [1.29, 1.82) is 0 Å². The maximum Gasteiger partial charge on any atom is 0.264 e. The number of halogens is 1. The van der Waals surface area contributed by atoms with Gasteiger partial charge in [-0.2, -0.15) is 0 Å². The number of benzene rings is 3. The van der Waals surface area contributed by atoms with Gasteiger partial charge in [0.25, 0.3) is 15.9 Å². The Balaban J connectivity index is 1.64. The quantitative estimate of drug-likeness (QED) is 0.660. The summed E-state index contributed by atoms with van der Waals surface area (Å²) in [6.07, 6.45) is 0.670. The summed E-state index contributed by atoms with van der Waals surface area (Å²) < 4.78 is 27.8. The van der Waals surface area contributed by atoms with E-state index < -0.39 is 15.9 Å². The first-order valence-corrected chi connectivity index (χ1v) is 11.0. The molecule has 4 rings (SSSR count). The molecule has 0 fully saturated rings. The smallest absolute Gasteiger partial charge is 0.264 e. The van der Waals surface area contributed by atoms with Gasteiger partial charge in [-0.3, -0.25) is 9.10 Å². The molecule has 0 saturated heterocycles. The largest absolute Gasteiger partial charge is 0.322 e. The van der Waals surface area contributed by atoms with Crippen LogP contribution in [-0.4, -0.2) is 20.9 Å². The lowest BCUT2D eigenvalue weighted by Crippen LogP contribution is -2.29. The molecule has 0 aromatic heterocycles. The number of carbonyl (C=O) groups excluding carboxylic acids is 1. The first-order chi connectivity index (χ1) is 13.9. The van der Waals surface area contributed by atoms with Crippen molar-refractivity contribution in [1.82, 2.24) is 0 Å². The molecule has 0 aliphatic carbocycles. The van der Waals surface area contributed by atoms with E-state index in [1.54, 1.807) is 36.4 Å². The molecule has 0 radical (unpaired) electrons. The number of para-hydroxylation sites is 1. The van der Waals surface area contributed by atoms with Crippen molar-refractivity contribution >= 4 is 38.9 Å². The third kappa shape index (κ3) is 3.61. The Morgan fingerprint density at radius 3 is 2.62 bits per heavy atom. The van der Waals surface area contributed by atoms with E-state index in [4.69, 9.17) is 11.6 Å². The highest BCUT2D eigenvalue weighted by Crippen LogP contribution is 2.33. The van der Waals surface area contributed by atoms with Gasteiger partial charge < -0.3 is 5.32 Å². The summed E-state index contributed by atoms with van der Waals surface area (Å²) in [4.78, 5) is 12.8. The number of nitrogens with zero attached hydrogens (tertiary/aromatic N) is 1. The highest BCUT2D eigenvalue weighted by atomic mass is 35.5. The summed E-state index contributed by atoms with van der Waals surface area (Å²) in [5.74, 6) is -0.394. The highest BCUT2D eigenvalue weighted by molar-refractivity contribution is 7.92. The molecule has 1 aliphatic rings. The van der Waals surface area contributed by atoms with Gasteiger partial charge in [-0.25, -0.2) is 8.42 Å². The molecule has 0 bridgehead atoms. The Morgan fingerprint density at radius 2 is 1.79 bits per heavy atom. The molecule has 29 heavy (non-hydrogen) atoms. The SMILES string of the molecule is Cc1c(Cl)cccc1NC(=O)c1cccc(S(=O)(=O)N2CCc3ccccc32)c1. The Morgan fingerprint density at radius 1 is 1.03 bits per heavy atom. The van der Waals surface area contributed by atoms with Gasteiger partial charge in [0, 0.05) is 22.8 Å². The Labute approximate surface area is 175 Å². The molecule has 1 heterocycles. The zero-order chi connectivity index (χ0) is 20.6. The lowest BCUT2D eigenvalue weighted by molar-refractivity contribution is 0.102. The third-order valence-electron chi connectivity index (χ3n) is 5.04. The molecule has 5 nitrogen and oxygen atoms in total. The van der Waals surface area contributed by atoms with Crippen LogP contribution in [-0.2, 0) is 16.4 Å². The van der Waals surface area contributed by atoms with E-state index in [9.17, 15) is 13.2 Å². The van der Waals surface area contributed by atoms with Crippen LogP contribution < -0.4 is 9.62 Å². The number of rotatable bonds is 4. The summed E-state index contributed by atoms with van der Waals surface area (Å²) in [5, 5.41) is 3.35. The second-order valence-electron chi connectivity index (χ2n) is 6.85. The number of nitrogens with one attached hydrogen (secondary N) is 1. The van der Waals surface area contributed by atoms with Crippen LogP contribution in [0.15, 0.2) is 71.6 Å². The minimum Gasteiger partial charge on any atom is -0.322 e. The lowest BCUT2D eigenvalue weighted by Gasteiger charge is -2.20. The number of amides is 1. The fraction of sp³-hybridized carbons (Fsp3) is 0.136. The van der Waals surface area contributed by atoms with E-state index in [1.165, 1.54) is 16.4 Å². The van der Waals surface area contributed by atoms with E-state index in [2.05, 4.69) is 5.32 Å². The molecular formula is C22H19ClN2O3S. The van der Waals surface area contributed by atoms with Crippen LogP contribution in [0.5, 0.6) is 0 Å². The summed E-state index contributed by atoms with van der Waals surface area (Å²) >= 11 is 6.11. The average Bonchev–Trinajstić information content (AvgIpc) is 3.16. The van der Waals surface area contributed by atoms with Gasteiger partial charge in [0.05, 0.1) is 10.6 Å². The number of sulfonamides is 1. The van der Waals surface area contributed by atoms with Crippen molar-refractivity contribution in [2.45, 2.75) is 18.2 Å². The number of fused-ring (bicyclic) bond motifs is 1. The van der Waals surface area contributed by atoms with Gasteiger partial charge in [-0.1, -0.05) is 41.9 Å². The van der Waals surface area contributed by atoms with Crippen molar-refractivity contribution in [2.75, 3.05) is 16.2 Å². The van der Waals surface area contributed by atoms with Gasteiger partial charge in [-0.15, -0.1) is 0 Å². The molecule has 0 saturated carbocycles. The molecular weight excluding hydrogens is 408 g/mol. The van der Waals surface area contributed by atoms with Crippen LogP contribution in [0.2, 0.25) is 5.02 Å². The zero-order valence-corrected chi connectivity index (χ0v) is 17.3. The van der Waals surface area contributed by atoms with Crippen LogP contribution in [0.25, 0.3) is 0 Å². The normalized spacial score (nSPS) is 13.2. The lowest BCUT2D eigenvalue weighted by atomic mass is 10.1. The van der Waals surface area contributed by atoms with Crippen LogP contribution in [0.4, 0.5) is 11.4 Å². The summed E-state index contributed by atoms with van der Waals surface area (Å²) in [6, 6.07) is 18.8. The van der Waals surface area contributed by atoms with Crippen LogP contribution >= 0.6 is 11.6 Å². The molecule has 1 amide bonds. The van der Waals surface area contributed by atoms with Crippen molar-refractivity contribution < 1.29 is 13.2 Å². The van der Waals surface area contributed by atoms with E-state index >= 15 is 0 Å². The maximum absolute atomic E-state index is 13.2. The van der Waals surface area contributed by atoms with E-state index in [0.29, 0.717) is 29.4 Å². The number of hydrogen-bond acceptors (Lipinski definition) is 3. The fourth-order valence-electron chi connectivity index (χ4n) is 3.42. The standard InChI is InChI=1S/C22H19ClN2O3S/c1-15-19(23)9-5-10-20(15)24-22(26)17-7-4-8-18(14-17)29(27,28)25-13-12-16-6-2-3-11-21(16)25/h2-11,14H,12-13H2,1H3,(H,24,26). The first kappa shape index (κ1) is 19.5. The summed E-state index contributed by atoms with van der Waals surface area (Å²) in [7, 11) is -3.76. The minimum absolute atomic E-state index is 0.0877. The Hall–Kier alpha value is -2.83. The topological polar surface area (TPSA) is 66.5 Å². The third-order valence-corrected chi connectivity index (χ3v) is 7.26. The second-order valence-corrected chi connectivity index (χ2v) is 9.12. The molecule has 148 valence electrons. The predicted octanol–water partition coefficient (Wildman–Crippen LogP) is 4.65. The number of anilines is 2. The molecule has 0 unspecified atom stereocenters. The van der Waals surface area contributed by atoms with Crippen LogP contribution in [0.3, 0.4) is 0 Å². The molecule has 3 aromatic rings.